The van der Waals surface area contributed by atoms with Crippen LogP contribution in [0.1, 0.15) is 5.56 Å². The summed E-state index contributed by atoms with van der Waals surface area (Å²) in [6.45, 7) is 0. The summed E-state index contributed by atoms with van der Waals surface area (Å²) in [5.41, 5.74) is 2.99. The molecule has 124 valence electrons. The minimum atomic E-state index is -0.365. The largest absolute Gasteiger partial charge is 0.466 e. The third kappa shape index (κ3) is 4.81. The van der Waals surface area contributed by atoms with Crippen molar-refractivity contribution in [3.8, 4) is 11.3 Å². The zero-order valence-corrected chi connectivity index (χ0v) is 14.6. The maximum absolute atomic E-state index is 11.2. The summed E-state index contributed by atoms with van der Waals surface area (Å²) < 4.78 is 4.61. The van der Waals surface area contributed by atoms with Crippen LogP contribution in [0.4, 0.5) is 0 Å². The van der Waals surface area contributed by atoms with Crippen LogP contribution in [0.2, 0.25) is 0 Å². The number of ether oxygens (including phenoxy) is 1. The molecular formula is C21H17NO2S. The molecule has 0 spiro atoms. The highest BCUT2D eigenvalue weighted by molar-refractivity contribution is 7.99. The number of hydrogen-bond donors (Lipinski definition) is 0. The molecule has 3 nitrogen and oxygen atoms in total. The first-order valence-corrected chi connectivity index (χ1v) is 8.63. The van der Waals surface area contributed by atoms with Gasteiger partial charge in [0, 0.05) is 16.5 Å². The molecule has 0 unspecified atom stereocenters. The smallest absolute Gasteiger partial charge is 0.330 e. The lowest BCUT2D eigenvalue weighted by atomic mass is 10.1. The van der Waals surface area contributed by atoms with Crippen LogP contribution < -0.4 is 0 Å². The standard InChI is InChI=1S/C21H17NO2S/c1-24-21(23)14-13-16-7-5-10-18(15-16)25-20-12-6-11-19(22-20)17-8-3-2-4-9-17/h2-15H,1H3/b14-13+. The predicted octanol–water partition coefficient (Wildman–Crippen LogP) is 5.09. The summed E-state index contributed by atoms with van der Waals surface area (Å²) in [6.07, 6.45) is 3.15. The van der Waals surface area contributed by atoms with Gasteiger partial charge < -0.3 is 4.74 Å². The van der Waals surface area contributed by atoms with Gasteiger partial charge in [-0.05, 0) is 35.9 Å². The minimum absolute atomic E-state index is 0.365. The Labute approximate surface area is 151 Å². The molecule has 1 heterocycles. The van der Waals surface area contributed by atoms with E-state index in [1.54, 1.807) is 17.8 Å². The molecule has 0 saturated heterocycles. The monoisotopic (exact) mass is 347 g/mol. The van der Waals surface area contributed by atoms with E-state index in [2.05, 4.69) is 16.9 Å². The van der Waals surface area contributed by atoms with E-state index in [1.165, 1.54) is 13.2 Å². The van der Waals surface area contributed by atoms with Crippen LogP contribution in [-0.2, 0) is 9.53 Å². The zero-order chi connectivity index (χ0) is 17.5. The highest BCUT2D eigenvalue weighted by Crippen LogP contribution is 2.29. The van der Waals surface area contributed by atoms with Crippen molar-refractivity contribution in [3.05, 3.63) is 84.4 Å². The Hall–Kier alpha value is -2.85. The van der Waals surface area contributed by atoms with E-state index in [9.17, 15) is 4.79 Å². The van der Waals surface area contributed by atoms with Crippen molar-refractivity contribution in [2.45, 2.75) is 9.92 Å². The van der Waals surface area contributed by atoms with Gasteiger partial charge in [-0.3, -0.25) is 0 Å². The molecule has 0 amide bonds. The lowest BCUT2D eigenvalue weighted by Gasteiger charge is -2.05. The molecule has 0 atom stereocenters. The van der Waals surface area contributed by atoms with Gasteiger partial charge in [0.15, 0.2) is 0 Å². The van der Waals surface area contributed by atoms with Crippen molar-refractivity contribution >= 4 is 23.8 Å². The van der Waals surface area contributed by atoms with Crippen LogP contribution >= 0.6 is 11.8 Å². The maximum atomic E-state index is 11.2. The van der Waals surface area contributed by atoms with Gasteiger partial charge in [0.25, 0.3) is 0 Å². The second-order valence-corrected chi connectivity index (χ2v) is 6.35. The molecular weight excluding hydrogens is 330 g/mol. The fraction of sp³-hybridized carbons (Fsp3) is 0.0476. The van der Waals surface area contributed by atoms with Gasteiger partial charge in [-0.15, -0.1) is 0 Å². The van der Waals surface area contributed by atoms with Gasteiger partial charge >= 0.3 is 5.97 Å². The van der Waals surface area contributed by atoms with Crippen molar-refractivity contribution in [1.29, 1.82) is 0 Å². The topological polar surface area (TPSA) is 39.2 Å². The quantitative estimate of drug-likeness (QED) is 0.476. The van der Waals surface area contributed by atoms with Gasteiger partial charge in [-0.25, -0.2) is 9.78 Å². The van der Waals surface area contributed by atoms with Crippen molar-refractivity contribution in [1.82, 2.24) is 4.98 Å². The number of methoxy groups -OCH3 is 1. The molecule has 0 aliphatic rings. The molecule has 1 aromatic heterocycles. The van der Waals surface area contributed by atoms with Crippen LogP contribution in [0.3, 0.4) is 0 Å². The van der Waals surface area contributed by atoms with E-state index in [0.717, 1.165) is 26.7 Å². The van der Waals surface area contributed by atoms with Crippen molar-refractivity contribution in [3.63, 3.8) is 0 Å². The Morgan fingerprint density at radius 2 is 1.80 bits per heavy atom. The minimum Gasteiger partial charge on any atom is -0.466 e. The van der Waals surface area contributed by atoms with E-state index < -0.39 is 0 Å². The van der Waals surface area contributed by atoms with Crippen LogP contribution in [0, 0.1) is 0 Å². The van der Waals surface area contributed by atoms with Gasteiger partial charge in [0.05, 0.1) is 12.8 Å². The predicted molar refractivity (Wildman–Crippen MR) is 101 cm³/mol. The van der Waals surface area contributed by atoms with Gasteiger partial charge in [0.2, 0.25) is 0 Å². The van der Waals surface area contributed by atoms with Crippen LogP contribution in [0.25, 0.3) is 17.3 Å². The number of benzene rings is 2. The van der Waals surface area contributed by atoms with Crippen molar-refractivity contribution in [2.75, 3.05) is 7.11 Å². The SMILES string of the molecule is COC(=O)/C=C/c1cccc(Sc2cccc(-c3ccccc3)n2)c1. The third-order valence-electron chi connectivity index (χ3n) is 3.49. The molecule has 0 aliphatic heterocycles. The normalized spacial score (nSPS) is 10.8. The van der Waals surface area contributed by atoms with Crippen molar-refractivity contribution in [2.24, 2.45) is 0 Å². The molecule has 0 radical (unpaired) electrons. The molecule has 0 aliphatic carbocycles. The molecule has 3 rings (SSSR count). The van der Waals surface area contributed by atoms with Gasteiger partial charge in [0.1, 0.15) is 5.03 Å². The Balaban J connectivity index is 1.79. The number of carbonyl (C=O) groups is 1. The van der Waals surface area contributed by atoms with E-state index in [4.69, 9.17) is 4.98 Å². The summed E-state index contributed by atoms with van der Waals surface area (Å²) in [7, 11) is 1.37. The Morgan fingerprint density at radius 3 is 2.60 bits per heavy atom. The highest BCUT2D eigenvalue weighted by atomic mass is 32.2. The number of carbonyl (C=O) groups excluding carboxylic acids is 1. The fourth-order valence-corrected chi connectivity index (χ4v) is 3.15. The average Bonchev–Trinajstić information content (AvgIpc) is 2.67. The number of pyridine rings is 1. The number of hydrogen-bond acceptors (Lipinski definition) is 4. The fourth-order valence-electron chi connectivity index (χ4n) is 2.28. The van der Waals surface area contributed by atoms with E-state index >= 15 is 0 Å². The lowest BCUT2D eigenvalue weighted by Crippen LogP contribution is -1.93. The van der Waals surface area contributed by atoms with Crippen molar-refractivity contribution < 1.29 is 9.53 Å². The van der Waals surface area contributed by atoms with E-state index in [0.29, 0.717) is 0 Å². The van der Waals surface area contributed by atoms with E-state index in [-0.39, 0.29) is 5.97 Å². The molecule has 4 heteroatoms. The number of rotatable bonds is 5. The van der Waals surface area contributed by atoms with Gasteiger partial charge in [-0.2, -0.15) is 0 Å². The zero-order valence-electron chi connectivity index (χ0n) is 13.8. The summed E-state index contributed by atoms with van der Waals surface area (Å²) in [5.74, 6) is -0.365. The van der Waals surface area contributed by atoms with Gasteiger partial charge in [-0.1, -0.05) is 60.3 Å². The number of nitrogens with zero attached hydrogens (tertiary/aromatic N) is 1. The average molecular weight is 347 g/mol. The molecule has 0 N–H and O–H groups in total. The van der Waals surface area contributed by atoms with E-state index in [1.807, 2.05) is 60.7 Å². The summed E-state index contributed by atoms with van der Waals surface area (Å²) in [5, 5.41) is 0.926. The Bertz CT molecular complexity index is 891. The molecule has 0 saturated carbocycles. The summed E-state index contributed by atoms with van der Waals surface area (Å²) in [6, 6.07) is 24.1. The van der Waals surface area contributed by atoms with Crippen LogP contribution in [0.15, 0.2) is 88.8 Å². The number of esters is 1. The molecule has 0 bridgehead atoms. The third-order valence-corrected chi connectivity index (χ3v) is 4.41. The highest BCUT2D eigenvalue weighted by Gasteiger charge is 2.03. The lowest BCUT2D eigenvalue weighted by molar-refractivity contribution is -0.134. The second-order valence-electron chi connectivity index (χ2n) is 5.26. The molecule has 3 aromatic rings. The summed E-state index contributed by atoms with van der Waals surface area (Å²) >= 11 is 1.59. The second kappa shape index (κ2) is 8.31. The maximum Gasteiger partial charge on any atom is 0.330 e. The first-order chi connectivity index (χ1) is 12.2. The first kappa shape index (κ1) is 17.0. The van der Waals surface area contributed by atoms with Crippen LogP contribution in [-0.4, -0.2) is 18.1 Å². The summed E-state index contributed by atoms with van der Waals surface area (Å²) in [4.78, 5) is 17.0. The molecule has 2 aromatic carbocycles. The first-order valence-electron chi connectivity index (χ1n) is 7.81. The Morgan fingerprint density at radius 1 is 1.00 bits per heavy atom. The number of aromatic nitrogens is 1. The molecule has 0 fully saturated rings. The molecule has 25 heavy (non-hydrogen) atoms. The van der Waals surface area contributed by atoms with Crippen LogP contribution in [0.5, 0.6) is 0 Å². The Kier molecular flexibility index (Phi) is 5.65.